The number of aromatic nitrogens is 3. The maximum Gasteiger partial charge on any atom is 0.390 e. The van der Waals surface area contributed by atoms with Crippen LogP contribution in [0.1, 0.15) is 18.0 Å². The van der Waals surface area contributed by atoms with Crippen LogP contribution in [0.2, 0.25) is 10.0 Å². The molecule has 1 aromatic heterocycles. The summed E-state index contributed by atoms with van der Waals surface area (Å²) in [7, 11) is 0. The van der Waals surface area contributed by atoms with Gasteiger partial charge < -0.3 is 5.32 Å². The first kappa shape index (κ1) is 26.2. The van der Waals surface area contributed by atoms with Crippen LogP contribution in [0.4, 0.5) is 13.2 Å². The zero-order valence-corrected chi connectivity index (χ0v) is 20.3. The Morgan fingerprint density at radius 3 is 2.44 bits per heavy atom. The second-order valence-electron chi connectivity index (χ2n) is 7.38. The van der Waals surface area contributed by atoms with Crippen LogP contribution in [-0.2, 0) is 17.9 Å². The Labute approximate surface area is 208 Å². The average Bonchev–Trinajstić information content (AvgIpc) is 3.07. The van der Waals surface area contributed by atoms with Gasteiger partial charge in [-0.2, -0.15) is 24.9 Å². The quantitative estimate of drug-likeness (QED) is 0.411. The zero-order chi connectivity index (χ0) is 24.9. The molecule has 0 aliphatic carbocycles. The molecule has 1 N–H and O–H groups in total. The van der Waals surface area contributed by atoms with Crippen molar-refractivity contribution in [1.82, 2.24) is 19.7 Å². The highest BCUT2D eigenvalue weighted by molar-refractivity contribution is 7.98. The smallest absolute Gasteiger partial charge is 0.347 e. The zero-order valence-electron chi connectivity index (χ0n) is 18.0. The largest absolute Gasteiger partial charge is 0.390 e. The molecule has 34 heavy (non-hydrogen) atoms. The fraction of sp³-hybridized carbons (Fsp3) is 0.318. The van der Waals surface area contributed by atoms with Crippen LogP contribution >= 0.6 is 35.0 Å². The Balaban J connectivity index is 1.88. The van der Waals surface area contributed by atoms with E-state index in [1.54, 1.807) is 36.4 Å². The van der Waals surface area contributed by atoms with E-state index in [0.29, 0.717) is 21.4 Å². The highest BCUT2D eigenvalue weighted by Crippen LogP contribution is 2.26. The van der Waals surface area contributed by atoms with Crippen LogP contribution in [0.3, 0.4) is 0 Å². The molecule has 0 saturated carbocycles. The molecule has 182 valence electrons. The van der Waals surface area contributed by atoms with Gasteiger partial charge in [0, 0.05) is 27.9 Å². The maximum atomic E-state index is 12.9. The van der Waals surface area contributed by atoms with Crippen molar-refractivity contribution in [3.05, 3.63) is 74.6 Å². The number of hydrogen-bond acceptors (Lipinski definition) is 4. The normalized spacial score (nSPS) is 12.5. The molecule has 6 nitrogen and oxygen atoms in total. The molecule has 0 saturated heterocycles. The lowest BCUT2D eigenvalue weighted by Gasteiger charge is -2.19. The molecule has 0 bridgehead atoms. The van der Waals surface area contributed by atoms with Gasteiger partial charge in [0.2, 0.25) is 5.91 Å². The first-order valence-electron chi connectivity index (χ1n) is 10.1. The molecule has 0 fully saturated rings. The van der Waals surface area contributed by atoms with Crippen molar-refractivity contribution in [2.24, 2.45) is 0 Å². The monoisotopic (exact) mass is 532 g/mol. The Morgan fingerprint density at radius 2 is 1.82 bits per heavy atom. The Hall–Kier alpha value is -2.43. The number of alkyl halides is 3. The van der Waals surface area contributed by atoms with E-state index < -0.39 is 43.3 Å². The second kappa shape index (κ2) is 11.3. The SMILES string of the molecule is CSCC(NC(=O)Cn1nc(-c2ccc(Cl)cc2)n(CCC(F)(F)F)c1=O)c1ccccc1Cl. The molecule has 1 heterocycles. The van der Waals surface area contributed by atoms with E-state index in [-0.39, 0.29) is 5.82 Å². The molecular weight excluding hydrogens is 512 g/mol. The number of thioether (sulfide) groups is 1. The predicted molar refractivity (Wildman–Crippen MR) is 128 cm³/mol. The Kier molecular flexibility index (Phi) is 8.72. The average molecular weight is 533 g/mol. The maximum absolute atomic E-state index is 12.9. The van der Waals surface area contributed by atoms with Gasteiger partial charge in [-0.05, 0) is 42.2 Å². The topological polar surface area (TPSA) is 68.9 Å². The lowest BCUT2D eigenvalue weighted by Crippen LogP contribution is -2.36. The summed E-state index contributed by atoms with van der Waals surface area (Å²) >= 11 is 13.7. The number of benzene rings is 2. The molecule has 3 aromatic rings. The Morgan fingerprint density at radius 1 is 1.15 bits per heavy atom. The van der Waals surface area contributed by atoms with E-state index >= 15 is 0 Å². The summed E-state index contributed by atoms with van der Waals surface area (Å²) in [6.07, 6.45) is -3.80. The van der Waals surface area contributed by atoms with Crippen LogP contribution in [0, 0.1) is 0 Å². The van der Waals surface area contributed by atoms with Crippen molar-refractivity contribution in [3.63, 3.8) is 0 Å². The third-order valence-corrected chi connectivity index (χ3v) is 6.15. The highest BCUT2D eigenvalue weighted by Gasteiger charge is 2.29. The summed E-state index contributed by atoms with van der Waals surface area (Å²) in [6, 6.07) is 12.8. The number of carbonyl (C=O) groups is 1. The summed E-state index contributed by atoms with van der Waals surface area (Å²) in [5, 5.41) is 7.90. The summed E-state index contributed by atoms with van der Waals surface area (Å²) in [5.74, 6) is 0.0233. The minimum Gasteiger partial charge on any atom is -0.347 e. The van der Waals surface area contributed by atoms with E-state index in [4.69, 9.17) is 23.2 Å². The predicted octanol–water partition coefficient (Wildman–Crippen LogP) is 5.19. The van der Waals surface area contributed by atoms with Crippen LogP contribution < -0.4 is 11.0 Å². The number of carbonyl (C=O) groups excluding carboxylic acids is 1. The summed E-state index contributed by atoms with van der Waals surface area (Å²) in [5.41, 5.74) is 0.305. The van der Waals surface area contributed by atoms with Crippen molar-refractivity contribution >= 4 is 40.9 Å². The van der Waals surface area contributed by atoms with Gasteiger partial charge in [0.25, 0.3) is 0 Å². The first-order valence-corrected chi connectivity index (χ1v) is 12.3. The second-order valence-corrected chi connectivity index (χ2v) is 9.14. The number of hydrogen-bond donors (Lipinski definition) is 1. The van der Waals surface area contributed by atoms with Crippen molar-refractivity contribution in [2.45, 2.75) is 31.7 Å². The van der Waals surface area contributed by atoms with Crippen molar-refractivity contribution in [3.8, 4) is 11.4 Å². The van der Waals surface area contributed by atoms with Crippen molar-refractivity contribution in [1.29, 1.82) is 0 Å². The molecule has 1 unspecified atom stereocenters. The van der Waals surface area contributed by atoms with E-state index in [1.807, 2.05) is 6.26 Å². The van der Waals surface area contributed by atoms with Crippen LogP contribution in [0.15, 0.2) is 53.3 Å². The summed E-state index contributed by atoms with van der Waals surface area (Å²) in [4.78, 5) is 25.7. The fourth-order valence-electron chi connectivity index (χ4n) is 3.31. The number of rotatable bonds is 9. The molecular formula is C22H21Cl2F3N4O2S. The van der Waals surface area contributed by atoms with Gasteiger partial charge in [0.1, 0.15) is 6.54 Å². The van der Waals surface area contributed by atoms with E-state index in [0.717, 1.165) is 14.8 Å². The highest BCUT2D eigenvalue weighted by atomic mass is 35.5. The molecule has 0 aliphatic rings. The van der Waals surface area contributed by atoms with Crippen molar-refractivity contribution in [2.75, 3.05) is 12.0 Å². The number of nitrogens with zero attached hydrogens (tertiary/aromatic N) is 3. The molecule has 0 aliphatic heterocycles. The van der Waals surface area contributed by atoms with Crippen molar-refractivity contribution < 1.29 is 18.0 Å². The lowest BCUT2D eigenvalue weighted by molar-refractivity contribution is -0.136. The summed E-state index contributed by atoms with van der Waals surface area (Å²) < 4.78 is 40.3. The summed E-state index contributed by atoms with van der Waals surface area (Å²) in [6.45, 7) is -1.09. The van der Waals surface area contributed by atoms with Crippen LogP contribution in [0.25, 0.3) is 11.4 Å². The minimum atomic E-state index is -4.46. The van der Waals surface area contributed by atoms with E-state index in [2.05, 4.69) is 10.4 Å². The third kappa shape index (κ3) is 6.80. The molecule has 0 radical (unpaired) electrons. The molecule has 2 aromatic carbocycles. The molecule has 1 atom stereocenters. The van der Waals surface area contributed by atoms with Gasteiger partial charge in [0.05, 0.1) is 12.5 Å². The van der Waals surface area contributed by atoms with Crippen LogP contribution in [0.5, 0.6) is 0 Å². The fourth-order valence-corrected chi connectivity index (χ4v) is 4.30. The minimum absolute atomic E-state index is 0.0190. The number of amides is 1. The van der Waals surface area contributed by atoms with Gasteiger partial charge in [0.15, 0.2) is 5.82 Å². The van der Waals surface area contributed by atoms with Gasteiger partial charge in [-0.3, -0.25) is 9.36 Å². The molecule has 1 amide bonds. The lowest BCUT2D eigenvalue weighted by atomic mass is 10.1. The van der Waals surface area contributed by atoms with Gasteiger partial charge in [-0.25, -0.2) is 9.48 Å². The standard InChI is InChI=1S/C22H21Cl2F3N4O2S/c1-34-13-18(16-4-2-3-5-17(16)24)28-19(32)12-31-21(33)30(11-10-22(25,26)27)20(29-31)14-6-8-15(23)9-7-14/h2-9,18H,10-13H2,1H3,(H,28,32). The molecule has 0 spiro atoms. The Bertz CT molecular complexity index is 1200. The van der Waals surface area contributed by atoms with E-state index in [9.17, 15) is 22.8 Å². The van der Waals surface area contributed by atoms with Gasteiger partial charge in [-0.15, -0.1) is 5.10 Å². The van der Waals surface area contributed by atoms with Gasteiger partial charge >= 0.3 is 11.9 Å². The molecule has 12 heteroatoms. The number of halogens is 5. The van der Waals surface area contributed by atoms with Gasteiger partial charge in [-0.1, -0.05) is 41.4 Å². The van der Waals surface area contributed by atoms with E-state index in [1.165, 1.54) is 23.9 Å². The first-order chi connectivity index (χ1) is 16.1. The van der Waals surface area contributed by atoms with Crippen LogP contribution in [-0.4, -0.2) is 38.4 Å². The third-order valence-electron chi connectivity index (χ3n) is 4.89. The number of nitrogens with one attached hydrogen (secondary N) is 1. The molecule has 3 rings (SSSR count).